The summed E-state index contributed by atoms with van der Waals surface area (Å²) in [7, 11) is -3.64. The second-order valence-electron chi connectivity index (χ2n) is 7.07. The molecule has 0 spiro atoms. The third kappa shape index (κ3) is 5.53. The molecule has 0 aliphatic rings. The molecular weight excluding hydrogens is 324 g/mol. The molecule has 24 heavy (non-hydrogen) atoms. The Kier molecular flexibility index (Phi) is 5.49. The van der Waals surface area contributed by atoms with Crippen LogP contribution in [0.3, 0.4) is 0 Å². The van der Waals surface area contributed by atoms with Gasteiger partial charge in [0, 0.05) is 12.7 Å². The van der Waals surface area contributed by atoms with Gasteiger partial charge in [0.15, 0.2) is 0 Å². The van der Waals surface area contributed by atoms with Gasteiger partial charge in [0.2, 0.25) is 10.0 Å². The first-order chi connectivity index (χ1) is 11.2. The molecule has 1 aromatic carbocycles. The van der Waals surface area contributed by atoms with Gasteiger partial charge in [0.25, 0.3) is 5.91 Å². The first kappa shape index (κ1) is 18.3. The van der Waals surface area contributed by atoms with E-state index in [1.165, 1.54) is 0 Å². The Balaban J connectivity index is 2.07. The number of rotatable bonds is 6. The Labute approximate surface area is 143 Å². The highest BCUT2D eigenvalue weighted by Crippen LogP contribution is 2.19. The molecule has 1 amide bonds. The second kappa shape index (κ2) is 7.21. The highest BCUT2D eigenvalue weighted by molar-refractivity contribution is 7.90. The average molecular weight is 348 g/mol. The van der Waals surface area contributed by atoms with Crippen LogP contribution in [0.2, 0.25) is 0 Å². The lowest BCUT2D eigenvalue weighted by atomic mass is 9.94. The van der Waals surface area contributed by atoms with Crippen molar-refractivity contribution in [1.82, 2.24) is 9.29 Å². The smallest absolute Gasteiger partial charge is 0.281 e. The molecule has 0 saturated heterocycles. The summed E-state index contributed by atoms with van der Waals surface area (Å²) < 4.78 is 28.1. The molecule has 130 valence electrons. The third-order valence-corrected chi connectivity index (χ3v) is 4.86. The fourth-order valence-electron chi connectivity index (χ4n) is 2.22. The molecule has 0 saturated carbocycles. The van der Waals surface area contributed by atoms with Gasteiger partial charge in [-0.1, -0.05) is 51.1 Å². The van der Waals surface area contributed by atoms with Gasteiger partial charge in [-0.2, -0.15) is 0 Å². The van der Waals surface area contributed by atoms with E-state index in [2.05, 4.69) is 4.72 Å². The summed E-state index contributed by atoms with van der Waals surface area (Å²) in [5.74, 6) is -0.661. The van der Waals surface area contributed by atoms with E-state index in [1.807, 2.05) is 51.1 Å². The Bertz CT molecular complexity index is 787. The van der Waals surface area contributed by atoms with Gasteiger partial charge in [0.1, 0.15) is 5.69 Å². The number of hydrogen-bond donors (Lipinski definition) is 1. The summed E-state index contributed by atoms with van der Waals surface area (Å²) in [6.07, 6.45) is 2.25. The van der Waals surface area contributed by atoms with Crippen molar-refractivity contribution in [2.24, 2.45) is 5.41 Å². The standard InChI is InChI=1S/C18H24N2O3S/c1-18(2,3)11-13-24(22,23)19-17(21)16-10-7-12-20(16)14-15-8-5-4-6-9-15/h4-10,12H,11,13-14H2,1-3H3,(H,19,21). The zero-order chi connectivity index (χ0) is 17.8. The van der Waals surface area contributed by atoms with Crippen molar-refractivity contribution >= 4 is 15.9 Å². The van der Waals surface area contributed by atoms with E-state index in [-0.39, 0.29) is 11.2 Å². The minimum Gasteiger partial charge on any atom is -0.339 e. The van der Waals surface area contributed by atoms with E-state index in [1.54, 1.807) is 22.9 Å². The summed E-state index contributed by atoms with van der Waals surface area (Å²) >= 11 is 0. The molecule has 0 aliphatic heterocycles. The van der Waals surface area contributed by atoms with Crippen molar-refractivity contribution in [2.45, 2.75) is 33.7 Å². The summed E-state index contributed by atoms with van der Waals surface area (Å²) in [5, 5.41) is 0. The molecule has 0 bridgehead atoms. The van der Waals surface area contributed by atoms with Gasteiger partial charge in [-0.25, -0.2) is 13.1 Å². The summed E-state index contributed by atoms with van der Waals surface area (Å²) in [5.41, 5.74) is 1.27. The number of hydrogen-bond acceptors (Lipinski definition) is 3. The molecule has 2 rings (SSSR count). The molecule has 0 unspecified atom stereocenters. The Morgan fingerprint density at radius 3 is 2.38 bits per heavy atom. The zero-order valence-corrected chi connectivity index (χ0v) is 15.1. The Morgan fingerprint density at radius 1 is 1.08 bits per heavy atom. The highest BCUT2D eigenvalue weighted by atomic mass is 32.2. The van der Waals surface area contributed by atoms with E-state index in [0.29, 0.717) is 18.7 Å². The Morgan fingerprint density at radius 2 is 1.75 bits per heavy atom. The topological polar surface area (TPSA) is 68.2 Å². The molecule has 1 heterocycles. The molecule has 0 aliphatic carbocycles. The van der Waals surface area contributed by atoms with Gasteiger partial charge in [-0.05, 0) is 29.5 Å². The number of sulfonamides is 1. The van der Waals surface area contributed by atoms with Crippen LogP contribution in [0.15, 0.2) is 48.7 Å². The van der Waals surface area contributed by atoms with E-state index >= 15 is 0 Å². The van der Waals surface area contributed by atoms with Crippen LogP contribution in [0.25, 0.3) is 0 Å². The lowest BCUT2D eigenvalue weighted by Gasteiger charge is -2.18. The molecule has 1 aromatic heterocycles. The lowest BCUT2D eigenvalue weighted by Crippen LogP contribution is -2.34. The van der Waals surface area contributed by atoms with Crippen LogP contribution < -0.4 is 4.72 Å². The minimum atomic E-state index is -3.64. The van der Waals surface area contributed by atoms with Gasteiger partial charge in [-0.3, -0.25) is 4.79 Å². The molecule has 0 fully saturated rings. The summed E-state index contributed by atoms with van der Waals surface area (Å²) in [6, 6.07) is 13.1. The van der Waals surface area contributed by atoms with Crippen LogP contribution in [-0.2, 0) is 16.6 Å². The maximum atomic E-state index is 12.3. The first-order valence-electron chi connectivity index (χ1n) is 7.90. The quantitative estimate of drug-likeness (QED) is 0.872. The van der Waals surface area contributed by atoms with Crippen molar-refractivity contribution in [3.8, 4) is 0 Å². The number of nitrogens with one attached hydrogen (secondary N) is 1. The van der Waals surface area contributed by atoms with Crippen molar-refractivity contribution in [3.63, 3.8) is 0 Å². The number of amides is 1. The van der Waals surface area contributed by atoms with Crippen LogP contribution in [-0.4, -0.2) is 24.6 Å². The van der Waals surface area contributed by atoms with E-state index < -0.39 is 15.9 Å². The van der Waals surface area contributed by atoms with Gasteiger partial charge in [-0.15, -0.1) is 0 Å². The monoisotopic (exact) mass is 348 g/mol. The average Bonchev–Trinajstić information content (AvgIpc) is 2.94. The SMILES string of the molecule is CC(C)(C)CCS(=O)(=O)NC(=O)c1cccn1Cc1ccccc1. The number of carbonyl (C=O) groups is 1. The van der Waals surface area contributed by atoms with Gasteiger partial charge >= 0.3 is 0 Å². The molecule has 2 aromatic rings. The fraction of sp³-hybridized carbons (Fsp3) is 0.389. The van der Waals surface area contributed by atoms with E-state index in [9.17, 15) is 13.2 Å². The molecular formula is C18H24N2O3S. The normalized spacial score (nSPS) is 12.1. The van der Waals surface area contributed by atoms with Crippen molar-refractivity contribution in [1.29, 1.82) is 0 Å². The number of benzene rings is 1. The van der Waals surface area contributed by atoms with Crippen LogP contribution in [0.1, 0.15) is 43.2 Å². The van der Waals surface area contributed by atoms with Gasteiger partial charge in [0.05, 0.1) is 5.75 Å². The van der Waals surface area contributed by atoms with Crippen LogP contribution >= 0.6 is 0 Å². The molecule has 0 atom stereocenters. The van der Waals surface area contributed by atoms with Crippen molar-refractivity contribution in [3.05, 3.63) is 59.9 Å². The van der Waals surface area contributed by atoms with Crippen molar-refractivity contribution in [2.75, 3.05) is 5.75 Å². The predicted octanol–water partition coefficient (Wildman–Crippen LogP) is 3.03. The maximum absolute atomic E-state index is 12.3. The van der Waals surface area contributed by atoms with Gasteiger partial charge < -0.3 is 4.57 Å². The molecule has 6 heteroatoms. The number of nitrogens with zero attached hydrogens (tertiary/aromatic N) is 1. The first-order valence-corrected chi connectivity index (χ1v) is 9.55. The molecule has 5 nitrogen and oxygen atoms in total. The molecule has 0 radical (unpaired) electrons. The zero-order valence-electron chi connectivity index (χ0n) is 14.3. The summed E-state index contributed by atoms with van der Waals surface area (Å²) in [6.45, 7) is 6.42. The summed E-state index contributed by atoms with van der Waals surface area (Å²) in [4.78, 5) is 12.3. The predicted molar refractivity (Wildman–Crippen MR) is 95.3 cm³/mol. The van der Waals surface area contributed by atoms with E-state index in [0.717, 1.165) is 5.56 Å². The van der Waals surface area contributed by atoms with Crippen LogP contribution in [0, 0.1) is 5.41 Å². The largest absolute Gasteiger partial charge is 0.339 e. The van der Waals surface area contributed by atoms with Crippen LogP contribution in [0.4, 0.5) is 0 Å². The van der Waals surface area contributed by atoms with Crippen molar-refractivity contribution < 1.29 is 13.2 Å². The Hall–Kier alpha value is -2.08. The maximum Gasteiger partial charge on any atom is 0.281 e. The fourth-order valence-corrected chi connectivity index (χ4v) is 3.59. The van der Waals surface area contributed by atoms with Crippen LogP contribution in [0.5, 0.6) is 0 Å². The molecule has 1 N–H and O–H groups in total. The second-order valence-corrected chi connectivity index (χ2v) is 8.91. The highest BCUT2D eigenvalue weighted by Gasteiger charge is 2.21. The number of carbonyl (C=O) groups excluding carboxylic acids is 1. The van der Waals surface area contributed by atoms with E-state index in [4.69, 9.17) is 0 Å². The number of aromatic nitrogens is 1. The third-order valence-electron chi connectivity index (χ3n) is 3.63. The minimum absolute atomic E-state index is 0.0678. The lowest BCUT2D eigenvalue weighted by molar-refractivity contribution is 0.0972.